The lowest BCUT2D eigenvalue weighted by atomic mass is 9.90. The van der Waals surface area contributed by atoms with Gasteiger partial charge in [0.2, 0.25) is 0 Å². The van der Waals surface area contributed by atoms with Crippen LogP contribution in [0, 0.1) is 0 Å². The molecule has 0 aromatic heterocycles. The molecule has 1 heterocycles. The molecule has 0 amide bonds. The molecule has 5 heteroatoms. The molecule has 3 aromatic rings. The highest BCUT2D eigenvalue weighted by Gasteiger charge is 2.30. The van der Waals surface area contributed by atoms with Crippen molar-refractivity contribution in [3.8, 4) is 5.75 Å². The number of ether oxygens (including phenoxy) is 2. The minimum Gasteiger partial charge on any atom is -0.494 e. The van der Waals surface area contributed by atoms with Crippen molar-refractivity contribution in [3.63, 3.8) is 0 Å². The quantitative estimate of drug-likeness (QED) is 0.578. The topological polar surface area (TPSA) is 58.9 Å². The van der Waals surface area contributed by atoms with Gasteiger partial charge in [-0.15, -0.1) is 0 Å². The van der Waals surface area contributed by atoms with Crippen LogP contribution in [-0.2, 0) is 11.2 Å². The second-order valence-electron chi connectivity index (χ2n) is 7.79. The van der Waals surface area contributed by atoms with Crippen LogP contribution in [0.25, 0.3) is 10.8 Å². The Morgan fingerprint density at radius 2 is 1.80 bits per heavy atom. The Morgan fingerprint density at radius 1 is 1.07 bits per heavy atom. The first-order valence-corrected chi connectivity index (χ1v) is 10.8. The average Bonchev–Trinajstić information content (AvgIpc) is 2.76. The van der Waals surface area contributed by atoms with E-state index in [9.17, 15) is 10.2 Å². The molecular formula is C25H27ClO4. The van der Waals surface area contributed by atoms with Crippen molar-refractivity contribution in [2.75, 3.05) is 13.2 Å². The first-order chi connectivity index (χ1) is 14.6. The van der Waals surface area contributed by atoms with E-state index in [0.29, 0.717) is 25.9 Å². The maximum absolute atomic E-state index is 10.3. The van der Waals surface area contributed by atoms with E-state index in [2.05, 4.69) is 18.2 Å². The third-order valence-corrected chi connectivity index (χ3v) is 6.09. The minimum absolute atomic E-state index is 0.0991. The summed E-state index contributed by atoms with van der Waals surface area (Å²) in [7, 11) is 0. The normalized spacial score (nSPS) is 21.7. The summed E-state index contributed by atoms with van der Waals surface area (Å²) in [6, 6.07) is 18.2. The molecule has 4 nitrogen and oxygen atoms in total. The van der Waals surface area contributed by atoms with Crippen molar-refractivity contribution in [1.82, 2.24) is 0 Å². The van der Waals surface area contributed by atoms with Gasteiger partial charge in [-0.2, -0.15) is 0 Å². The van der Waals surface area contributed by atoms with Gasteiger partial charge in [0.25, 0.3) is 0 Å². The van der Waals surface area contributed by atoms with Gasteiger partial charge in [0, 0.05) is 18.2 Å². The average molecular weight is 427 g/mol. The van der Waals surface area contributed by atoms with Crippen LogP contribution in [-0.4, -0.2) is 35.6 Å². The predicted molar refractivity (Wildman–Crippen MR) is 119 cm³/mol. The van der Waals surface area contributed by atoms with Gasteiger partial charge in [-0.25, -0.2) is 0 Å². The highest BCUT2D eigenvalue weighted by atomic mass is 35.5. The van der Waals surface area contributed by atoms with Crippen LogP contribution in [0.3, 0.4) is 0 Å². The largest absolute Gasteiger partial charge is 0.494 e. The van der Waals surface area contributed by atoms with E-state index in [1.807, 2.05) is 43.3 Å². The number of rotatable bonds is 6. The van der Waals surface area contributed by atoms with Gasteiger partial charge in [0.15, 0.2) is 0 Å². The Hall–Kier alpha value is -2.11. The van der Waals surface area contributed by atoms with Crippen molar-refractivity contribution >= 4 is 22.4 Å². The first-order valence-electron chi connectivity index (χ1n) is 10.4. The van der Waals surface area contributed by atoms with Crippen molar-refractivity contribution in [2.45, 2.75) is 44.5 Å². The van der Waals surface area contributed by atoms with E-state index in [0.717, 1.165) is 38.2 Å². The fourth-order valence-corrected chi connectivity index (χ4v) is 4.51. The Kier molecular flexibility index (Phi) is 6.59. The molecule has 0 radical (unpaired) electrons. The Bertz CT molecular complexity index is 1000. The number of halogens is 1. The molecule has 0 saturated carbocycles. The molecule has 1 fully saturated rings. The number of aliphatic hydroxyl groups is 2. The fraction of sp³-hybridized carbons (Fsp3) is 0.360. The molecule has 4 rings (SSSR count). The zero-order chi connectivity index (χ0) is 21.1. The lowest BCUT2D eigenvalue weighted by Crippen LogP contribution is -2.33. The van der Waals surface area contributed by atoms with E-state index < -0.39 is 6.10 Å². The summed E-state index contributed by atoms with van der Waals surface area (Å²) in [6.07, 6.45) is 0.504. The van der Waals surface area contributed by atoms with Gasteiger partial charge >= 0.3 is 0 Å². The monoisotopic (exact) mass is 426 g/mol. The van der Waals surface area contributed by atoms with Gasteiger partial charge in [-0.3, -0.25) is 0 Å². The summed E-state index contributed by atoms with van der Waals surface area (Å²) in [5.41, 5.74) is 3.16. The van der Waals surface area contributed by atoms with E-state index >= 15 is 0 Å². The van der Waals surface area contributed by atoms with Gasteiger partial charge in [-0.05, 0) is 47.6 Å². The Balaban J connectivity index is 1.72. The molecule has 3 aromatic carbocycles. The van der Waals surface area contributed by atoms with Crippen LogP contribution < -0.4 is 4.74 Å². The number of aliphatic hydroxyl groups excluding tert-OH is 2. The molecule has 0 aliphatic carbocycles. The zero-order valence-electron chi connectivity index (χ0n) is 17.1. The SMILES string of the molecule is CCOc1ccc(Cc2cc(C3CC(O)CC(CO)O3)c3ccccc3c2Cl)cc1. The van der Waals surface area contributed by atoms with Crippen LogP contribution in [0.1, 0.15) is 42.6 Å². The maximum Gasteiger partial charge on any atom is 0.119 e. The van der Waals surface area contributed by atoms with Crippen molar-refractivity contribution < 1.29 is 19.7 Å². The van der Waals surface area contributed by atoms with Crippen molar-refractivity contribution in [2.24, 2.45) is 0 Å². The van der Waals surface area contributed by atoms with Crippen LogP contribution in [0.2, 0.25) is 5.02 Å². The third-order valence-electron chi connectivity index (χ3n) is 5.64. The van der Waals surface area contributed by atoms with Crippen LogP contribution in [0.5, 0.6) is 5.75 Å². The van der Waals surface area contributed by atoms with E-state index in [4.69, 9.17) is 21.1 Å². The molecule has 30 heavy (non-hydrogen) atoms. The van der Waals surface area contributed by atoms with Gasteiger partial charge in [0.1, 0.15) is 5.75 Å². The smallest absolute Gasteiger partial charge is 0.119 e. The number of benzene rings is 3. The molecule has 158 valence electrons. The van der Waals surface area contributed by atoms with E-state index in [1.54, 1.807) is 0 Å². The predicted octanol–water partition coefficient (Wildman–Crippen LogP) is 5.06. The number of fused-ring (bicyclic) bond motifs is 1. The lowest BCUT2D eigenvalue weighted by molar-refractivity contribution is -0.113. The van der Waals surface area contributed by atoms with Gasteiger partial charge < -0.3 is 19.7 Å². The highest BCUT2D eigenvalue weighted by Crippen LogP contribution is 2.39. The zero-order valence-corrected chi connectivity index (χ0v) is 17.8. The Labute approximate surface area is 182 Å². The van der Waals surface area contributed by atoms with Crippen LogP contribution in [0.15, 0.2) is 54.6 Å². The molecule has 0 spiro atoms. The molecule has 0 bridgehead atoms. The highest BCUT2D eigenvalue weighted by molar-refractivity contribution is 6.36. The molecular weight excluding hydrogens is 400 g/mol. The van der Waals surface area contributed by atoms with Crippen LogP contribution in [0.4, 0.5) is 0 Å². The third kappa shape index (κ3) is 4.47. The standard InChI is InChI=1S/C25H27ClO4/c1-2-29-19-9-7-16(8-10-19)11-17-12-23(21-5-3-4-6-22(21)25(17)26)24-14-18(28)13-20(15-27)30-24/h3-10,12,18,20,24,27-28H,2,11,13-15H2,1H3. The van der Waals surface area contributed by atoms with E-state index in [-0.39, 0.29) is 18.8 Å². The summed E-state index contributed by atoms with van der Waals surface area (Å²) >= 11 is 6.81. The Morgan fingerprint density at radius 3 is 2.50 bits per heavy atom. The number of hydrogen-bond donors (Lipinski definition) is 2. The summed E-state index contributed by atoms with van der Waals surface area (Å²) in [4.78, 5) is 0. The fourth-order valence-electron chi connectivity index (χ4n) is 4.22. The second kappa shape index (κ2) is 9.36. The second-order valence-corrected chi connectivity index (χ2v) is 8.17. The maximum atomic E-state index is 10.3. The number of hydrogen-bond acceptors (Lipinski definition) is 4. The lowest BCUT2D eigenvalue weighted by Gasteiger charge is -2.33. The summed E-state index contributed by atoms with van der Waals surface area (Å²) in [6.45, 7) is 2.51. The summed E-state index contributed by atoms with van der Waals surface area (Å²) in [5, 5.41) is 22.6. The summed E-state index contributed by atoms with van der Waals surface area (Å²) < 4.78 is 11.7. The minimum atomic E-state index is -0.495. The summed E-state index contributed by atoms with van der Waals surface area (Å²) in [5.74, 6) is 0.853. The molecule has 1 saturated heterocycles. The van der Waals surface area contributed by atoms with Crippen molar-refractivity contribution in [3.05, 3.63) is 76.3 Å². The van der Waals surface area contributed by atoms with E-state index in [1.165, 1.54) is 0 Å². The van der Waals surface area contributed by atoms with Gasteiger partial charge in [-0.1, -0.05) is 54.1 Å². The van der Waals surface area contributed by atoms with Crippen LogP contribution >= 0.6 is 11.6 Å². The molecule has 2 N–H and O–H groups in total. The first kappa shape index (κ1) is 21.1. The van der Waals surface area contributed by atoms with Crippen molar-refractivity contribution in [1.29, 1.82) is 0 Å². The van der Waals surface area contributed by atoms with Gasteiger partial charge in [0.05, 0.1) is 36.5 Å². The molecule has 1 aliphatic heterocycles. The molecule has 3 atom stereocenters. The molecule has 1 aliphatic rings. The molecule has 3 unspecified atom stereocenters.